The van der Waals surface area contributed by atoms with Gasteiger partial charge in [0.25, 0.3) is 0 Å². The van der Waals surface area contributed by atoms with Crippen molar-refractivity contribution < 1.29 is 19.8 Å². The fourth-order valence-electron chi connectivity index (χ4n) is 7.21. The van der Waals surface area contributed by atoms with Crippen LogP contribution in [0.15, 0.2) is 47.1 Å². The number of hydrogen-bond acceptors (Lipinski definition) is 3. The minimum absolute atomic E-state index is 0.0696. The number of aliphatic carboxylic acids is 1. The lowest BCUT2D eigenvalue weighted by Crippen LogP contribution is -2.53. The summed E-state index contributed by atoms with van der Waals surface area (Å²) in [6, 6.07) is 0. The first-order chi connectivity index (χ1) is 13.7. The average molecular weight is 417 g/mol. The average Bonchev–Trinajstić information content (AvgIpc) is 2.88. The Bertz CT molecular complexity index is 868. The summed E-state index contributed by atoms with van der Waals surface area (Å²) in [5.74, 6) is 0.154. The van der Waals surface area contributed by atoms with Gasteiger partial charge in [0.2, 0.25) is 0 Å². The van der Waals surface area contributed by atoms with Gasteiger partial charge in [-0.1, -0.05) is 31.7 Å². The number of hydrogen-bond donors (Lipinski definition) is 2. The molecule has 4 rings (SSSR count). The van der Waals surface area contributed by atoms with Crippen molar-refractivity contribution in [2.24, 2.45) is 29.1 Å². The Balaban J connectivity index is 1.76. The Kier molecular flexibility index (Phi) is 4.94. The molecule has 0 radical (unpaired) electrons. The zero-order valence-electron chi connectivity index (χ0n) is 16.9. The molecule has 0 aromatic rings. The summed E-state index contributed by atoms with van der Waals surface area (Å²) >= 11 is 6.40. The van der Waals surface area contributed by atoms with Gasteiger partial charge in [-0.05, 0) is 85.0 Å². The van der Waals surface area contributed by atoms with Crippen molar-refractivity contribution in [1.29, 1.82) is 0 Å². The zero-order chi connectivity index (χ0) is 21.1. The molecule has 0 heterocycles. The third-order valence-corrected chi connectivity index (χ3v) is 8.95. The number of Topliss-reactive ketones (excluding diaryl/α,β-unsaturated/α-hetero) is 1. The molecule has 0 amide bonds. The van der Waals surface area contributed by atoms with Gasteiger partial charge in [-0.25, -0.2) is 4.79 Å². The number of rotatable bonds is 3. The predicted octanol–water partition coefficient (Wildman–Crippen LogP) is 4.79. The third kappa shape index (κ3) is 2.68. The zero-order valence-corrected chi connectivity index (χ0v) is 17.7. The van der Waals surface area contributed by atoms with E-state index in [1.807, 2.05) is 0 Å². The standard InChI is InChI=1S/C24H29ClO4/c1-4-23-11-9-16-15-7-8-19(26)22(25)18(15)6-5-17(16)21(23)13(2)14(3)24(23,29)12-10-20(27)28/h10,12,15-17,21,29H,2-9,11H2,1H3,(H,27,28)/b12-10-/t15-,16-,17-,21+,23+,24+/m1/s1. The molecule has 0 aliphatic heterocycles. The van der Waals surface area contributed by atoms with Crippen LogP contribution in [-0.2, 0) is 9.59 Å². The first kappa shape index (κ1) is 20.6. The summed E-state index contributed by atoms with van der Waals surface area (Å²) in [7, 11) is 0. The van der Waals surface area contributed by atoms with Gasteiger partial charge in [-0.2, -0.15) is 0 Å². The van der Waals surface area contributed by atoms with Crippen molar-refractivity contribution in [2.45, 2.75) is 57.5 Å². The van der Waals surface area contributed by atoms with Crippen LogP contribution < -0.4 is 0 Å². The highest BCUT2D eigenvalue weighted by Gasteiger charge is 2.66. The Labute approximate surface area is 177 Å². The Hall–Kier alpha value is -1.65. The van der Waals surface area contributed by atoms with E-state index < -0.39 is 17.0 Å². The third-order valence-electron chi connectivity index (χ3n) is 8.50. The summed E-state index contributed by atoms with van der Waals surface area (Å²) in [4.78, 5) is 23.3. The van der Waals surface area contributed by atoms with Gasteiger partial charge >= 0.3 is 5.97 Å². The minimum atomic E-state index is -1.39. The maximum atomic E-state index is 12.1. The van der Waals surface area contributed by atoms with E-state index in [2.05, 4.69) is 20.1 Å². The monoisotopic (exact) mass is 416 g/mol. The molecule has 156 valence electrons. The number of carboxylic acid groups (broad SMARTS) is 1. The van der Waals surface area contributed by atoms with Crippen LogP contribution in [0.5, 0.6) is 0 Å². The van der Waals surface area contributed by atoms with E-state index in [0.717, 1.165) is 55.7 Å². The Morgan fingerprint density at radius 3 is 2.62 bits per heavy atom. The second-order valence-corrected chi connectivity index (χ2v) is 9.62. The van der Waals surface area contributed by atoms with E-state index in [1.54, 1.807) is 0 Å². The van der Waals surface area contributed by atoms with Crippen LogP contribution >= 0.6 is 11.6 Å². The van der Waals surface area contributed by atoms with Gasteiger partial charge in [-0.15, -0.1) is 0 Å². The number of aliphatic hydroxyl groups is 1. The van der Waals surface area contributed by atoms with Crippen molar-refractivity contribution in [3.63, 3.8) is 0 Å². The molecule has 4 aliphatic rings. The highest BCUT2D eigenvalue weighted by atomic mass is 35.5. The summed E-state index contributed by atoms with van der Waals surface area (Å²) in [5.41, 5.74) is 0.689. The number of carbonyl (C=O) groups excluding carboxylic acids is 1. The van der Waals surface area contributed by atoms with E-state index in [1.165, 1.54) is 6.08 Å². The van der Waals surface area contributed by atoms with Gasteiger partial charge in [0.15, 0.2) is 5.78 Å². The first-order valence-corrected chi connectivity index (χ1v) is 11.0. The molecule has 2 N–H and O–H groups in total. The van der Waals surface area contributed by atoms with Crippen molar-refractivity contribution in [3.8, 4) is 0 Å². The van der Waals surface area contributed by atoms with E-state index in [4.69, 9.17) is 16.7 Å². The highest BCUT2D eigenvalue weighted by Crippen LogP contribution is 2.69. The highest BCUT2D eigenvalue weighted by molar-refractivity contribution is 6.43. The molecule has 3 fully saturated rings. The van der Waals surface area contributed by atoms with Crippen LogP contribution in [0.1, 0.15) is 51.9 Å². The normalized spacial score (nSPS) is 42.1. The van der Waals surface area contributed by atoms with E-state index >= 15 is 0 Å². The largest absolute Gasteiger partial charge is 0.478 e. The molecule has 0 saturated heterocycles. The number of carboxylic acids is 1. The molecule has 0 aromatic heterocycles. The van der Waals surface area contributed by atoms with Gasteiger partial charge in [0.05, 0.1) is 5.03 Å². The topological polar surface area (TPSA) is 74.6 Å². The maximum Gasteiger partial charge on any atom is 0.328 e. The van der Waals surface area contributed by atoms with Gasteiger partial charge < -0.3 is 10.2 Å². The molecule has 29 heavy (non-hydrogen) atoms. The number of ketones is 1. The number of allylic oxidation sites excluding steroid dienone is 1. The molecule has 0 spiro atoms. The van der Waals surface area contributed by atoms with Crippen LogP contribution in [0.3, 0.4) is 0 Å². The van der Waals surface area contributed by atoms with Gasteiger partial charge in [-0.3, -0.25) is 4.79 Å². The summed E-state index contributed by atoms with van der Waals surface area (Å²) in [6.45, 7) is 10.6. The lowest BCUT2D eigenvalue weighted by atomic mass is 9.49. The smallest absolute Gasteiger partial charge is 0.328 e. The van der Waals surface area contributed by atoms with Crippen LogP contribution in [0.4, 0.5) is 0 Å². The second kappa shape index (κ2) is 6.95. The van der Waals surface area contributed by atoms with Gasteiger partial charge in [0.1, 0.15) is 5.60 Å². The molecule has 6 atom stereocenters. The molecule has 5 heteroatoms. The van der Waals surface area contributed by atoms with E-state index in [9.17, 15) is 14.7 Å². The van der Waals surface area contributed by atoms with E-state index in [0.29, 0.717) is 34.8 Å². The molecular formula is C24H29ClO4. The lowest BCUT2D eigenvalue weighted by Gasteiger charge is -2.56. The predicted molar refractivity (Wildman–Crippen MR) is 112 cm³/mol. The van der Waals surface area contributed by atoms with Crippen molar-refractivity contribution in [1.82, 2.24) is 0 Å². The molecular weight excluding hydrogens is 388 g/mol. The minimum Gasteiger partial charge on any atom is -0.478 e. The van der Waals surface area contributed by atoms with Crippen LogP contribution in [-0.4, -0.2) is 27.6 Å². The Morgan fingerprint density at radius 2 is 1.97 bits per heavy atom. The molecule has 0 aromatic carbocycles. The number of halogens is 1. The van der Waals surface area contributed by atoms with Gasteiger partial charge in [0, 0.05) is 17.9 Å². The summed E-state index contributed by atoms with van der Waals surface area (Å²) in [5, 5.41) is 21.4. The van der Waals surface area contributed by atoms with E-state index in [-0.39, 0.29) is 11.7 Å². The number of carbonyl (C=O) groups is 2. The van der Waals surface area contributed by atoms with Crippen LogP contribution in [0.2, 0.25) is 0 Å². The first-order valence-electron chi connectivity index (χ1n) is 10.6. The Morgan fingerprint density at radius 1 is 1.24 bits per heavy atom. The fourth-order valence-corrected chi connectivity index (χ4v) is 7.54. The van der Waals surface area contributed by atoms with Crippen molar-refractivity contribution in [3.05, 3.63) is 47.1 Å². The quantitative estimate of drug-likeness (QED) is 0.648. The molecule has 4 nitrogen and oxygen atoms in total. The van der Waals surface area contributed by atoms with Crippen molar-refractivity contribution in [2.75, 3.05) is 0 Å². The fraction of sp³-hybridized carbons (Fsp3) is 0.583. The summed E-state index contributed by atoms with van der Waals surface area (Å²) < 4.78 is 0. The number of fused-ring (bicyclic) bond motifs is 5. The molecule has 4 aliphatic carbocycles. The van der Waals surface area contributed by atoms with Crippen molar-refractivity contribution >= 4 is 23.4 Å². The van der Waals surface area contributed by atoms with Crippen LogP contribution in [0.25, 0.3) is 0 Å². The molecule has 3 saturated carbocycles. The SMILES string of the molecule is C=C1C(=C)[C@@](O)(/C=C\C(=O)O)[C@@]2(CC)CC[C@H]3[C@@H](CCC4=C(Cl)C(=O)CC[C@@H]43)[C@H]12. The molecule has 0 bridgehead atoms. The lowest BCUT2D eigenvalue weighted by molar-refractivity contribution is -0.131. The summed E-state index contributed by atoms with van der Waals surface area (Å²) in [6.07, 6.45) is 8.01. The second-order valence-electron chi connectivity index (χ2n) is 9.24. The maximum absolute atomic E-state index is 12.1. The molecule has 0 unspecified atom stereocenters. The van der Waals surface area contributed by atoms with Crippen LogP contribution in [0, 0.1) is 29.1 Å².